The van der Waals surface area contributed by atoms with E-state index >= 15 is 0 Å². The minimum atomic E-state index is -0.243. The quantitative estimate of drug-likeness (QED) is 0.727. The van der Waals surface area contributed by atoms with Gasteiger partial charge in [-0.25, -0.2) is 4.68 Å². The summed E-state index contributed by atoms with van der Waals surface area (Å²) in [4.78, 5) is 12.0. The number of ether oxygens (including phenoxy) is 1. The van der Waals surface area contributed by atoms with E-state index in [0.717, 1.165) is 15.7 Å². The zero-order chi connectivity index (χ0) is 16.9. The van der Waals surface area contributed by atoms with Gasteiger partial charge in [0.25, 0.3) is 5.91 Å². The maximum atomic E-state index is 12.0. The van der Waals surface area contributed by atoms with Crippen molar-refractivity contribution in [1.82, 2.24) is 20.2 Å². The van der Waals surface area contributed by atoms with Crippen molar-refractivity contribution in [3.8, 4) is 11.4 Å². The highest BCUT2D eigenvalue weighted by Crippen LogP contribution is 2.23. The number of hydrogen-bond acceptors (Lipinski definition) is 5. The van der Waals surface area contributed by atoms with Crippen LogP contribution < -0.4 is 10.1 Å². The second-order valence-electron chi connectivity index (χ2n) is 5.07. The summed E-state index contributed by atoms with van der Waals surface area (Å²) in [6.45, 7) is 1.89. The molecule has 1 N–H and O–H groups in total. The van der Waals surface area contributed by atoms with Crippen molar-refractivity contribution in [3.05, 3.63) is 58.8 Å². The van der Waals surface area contributed by atoms with Crippen LogP contribution in [-0.2, 0) is 4.79 Å². The molecule has 1 amide bonds. The lowest BCUT2D eigenvalue weighted by Gasteiger charge is -2.10. The molecule has 3 aromatic rings. The summed E-state index contributed by atoms with van der Waals surface area (Å²) in [6.07, 6.45) is 1.49. The van der Waals surface area contributed by atoms with E-state index in [9.17, 15) is 4.79 Å². The van der Waals surface area contributed by atoms with Crippen molar-refractivity contribution in [3.63, 3.8) is 0 Å². The van der Waals surface area contributed by atoms with Gasteiger partial charge in [0.15, 0.2) is 6.61 Å². The fraction of sp³-hybridized carbons (Fsp3) is 0.125. The first kappa shape index (κ1) is 16.1. The minimum absolute atomic E-state index is 0.0978. The van der Waals surface area contributed by atoms with E-state index in [4.69, 9.17) is 4.74 Å². The van der Waals surface area contributed by atoms with Crippen molar-refractivity contribution in [2.24, 2.45) is 0 Å². The standard InChI is InChI=1S/C16H14BrN5O2/c1-11-5-6-15(14(17)7-11)19-16(23)9-24-13-4-2-3-12(8-13)22-10-18-20-21-22/h2-8,10H,9H2,1H3,(H,19,23). The van der Waals surface area contributed by atoms with E-state index in [0.29, 0.717) is 11.4 Å². The molecule has 0 unspecified atom stereocenters. The Morgan fingerprint density at radius 1 is 1.29 bits per heavy atom. The number of amides is 1. The lowest BCUT2D eigenvalue weighted by molar-refractivity contribution is -0.118. The molecule has 1 heterocycles. The van der Waals surface area contributed by atoms with Crippen LogP contribution in [0.5, 0.6) is 5.75 Å². The third-order valence-electron chi connectivity index (χ3n) is 3.20. The van der Waals surface area contributed by atoms with Crippen molar-refractivity contribution in [2.45, 2.75) is 6.92 Å². The first-order valence-corrected chi connectivity index (χ1v) is 7.93. The zero-order valence-corrected chi connectivity index (χ0v) is 14.4. The van der Waals surface area contributed by atoms with E-state index in [1.54, 1.807) is 18.2 Å². The van der Waals surface area contributed by atoms with Gasteiger partial charge in [-0.3, -0.25) is 4.79 Å². The molecule has 3 rings (SSSR count). The molecular formula is C16H14BrN5O2. The zero-order valence-electron chi connectivity index (χ0n) is 12.8. The monoisotopic (exact) mass is 387 g/mol. The molecule has 122 valence electrons. The number of rotatable bonds is 5. The Kier molecular flexibility index (Phi) is 4.85. The Bertz CT molecular complexity index is 851. The highest BCUT2D eigenvalue weighted by molar-refractivity contribution is 9.10. The first-order valence-electron chi connectivity index (χ1n) is 7.14. The van der Waals surface area contributed by atoms with E-state index in [1.807, 2.05) is 31.2 Å². The number of tetrazole rings is 1. The van der Waals surface area contributed by atoms with Gasteiger partial charge in [0, 0.05) is 10.5 Å². The number of aryl methyl sites for hydroxylation is 1. The van der Waals surface area contributed by atoms with Crippen LogP contribution >= 0.6 is 15.9 Å². The average Bonchev–Trinajstić information content (AvgIpc) is 3.10. The third-order valence-corrected chi connectivity index (χ3v) is 3.86. The van der Waals surface area contributed by atoms with Crippen LogP contribution in [0.4, 0.5) is 5.69 Å². The summed E-state index contributed by atoms with van der Waals surface area (Å²) in [5.74, 6) is 0.313. The molecule has 8 heteroatoms. The summed E-state index contributed by atoms with van der Waals surface area (Å²) in [6, 6.07) is 12.9. The minimum Gasteiger partial charge on any atom is -0.484 e. The van der Waals surface area contributed by atoms with Gasteiger partial charge in [-0.1, -0.05) is 12.1 Å². The van der Waals surface area contributed by atoms with E-state index in [2.05, 4.69) is 36.8 Å². The number of carbonyl (C=O) groups is 1. The van der Waals surface area contributed by atoms with Gasteiger partial charge < -0.3 is 10.1 Å². The Morgan fingerprint density at radius 2 is 2.17 bits per heavy atom. The van der Waals surface area contributed by atoms with Gasteiger partial charge in [0.2, 0.25) is 0 Å². The number of nitrogens with zero attached hydrogens (tertiary/aromatic N) is 4. The maximum Gasteiger partial charge on any atom is 0.262 e. The van der Waals surface area contributed by atoms with E-state index < -0.39 is 0 Å². The molecular weight excluding hydrogens is 374 g/mol. The SMILES string of the molecule is Cc1ccc(NC(=O)COc2cccc(-n3cnnn3)c2)c(Br)c1. The smallest absolute Gasteiger partial charge is 0.262 e. The lowest BCUT2D eigenvalue weighted by atomic mass is 10.2. The van der Waals surface area contributed by atoms with Crippen molar-refractivity contribution < 1.29 is 9.53 Å². The second-order valence-corrected chi connectivity index (χ2v) is 5.93. The Labute approximate surface area is 146 Å². The number of anilines is 1. The topological polar surface area (TPSA) is 81.9 Å². The molecule has 0 atom stereocenters. The fourth-order valence-electron chi connectivity index (χ4n) is 2.05. The maximum absolute atomic E-state index is 12.0. The van der Waals surface area contributed by atoms with Gasteiger partial charge in [-0.2, -0.15) is 0 Å². The van der Waals surface area contributed by atoms with Crippen molar-refractivity contribution in [2.75, 3.05) is 11.9 Å². The molecule has 0 saturated heterocycles. The molecule has 1 aromatic heterocycles. The fourth-order valence-corrected chi connectivity index (χ4v) is 2.64. The summed E-state index contributed by atoms with van der Waals surface area (Å²) in [5, 5.41) is 13.8. The molecule has 0 fully saturated rings. The number of nitrogens with one attached hydrogen (secondary N) is 1. The van der Waals surface area contributed by atoms with E-state index in [-0.39, 0.29) is 12.5 Å². The number of hydrogen-bond donors (Lipinski definition) is 1. The van der Waals surface area contributed by atoms with Crippen LogP contribution in [0.3, 0.4) is 0 Å². The predicted molar refractivity (Wildman–Crippen MR) is 92.2 cm³/mol. The van der Waals surface area contributed by atoms with Crippen LogP contribution in [0.2, 0.25) is 0 Å². The van der Waals surface area contributed by atoms with Crippen LogP contribution in [0, 0.1) is 6.92 Å². The number of carbonyl (C=O) groups excluding carboxylic acids is 1. The van der Waals surface area contributed by atoms with Gasteiger partial charge in [-0.05, 0) is 63.1 Å². The first-order chi connectivity index (χ1) is 11.6. The summed E-state index contributed by atoms with van der Waals surface area (Å²) >= 11 is 3.43. The number of benzene rings is 2. The van der Waals surface area contributed by atoms with E-state index in [1.165, 1.54) is 11.0 Å². The van der Waals surface area contributed by atoms with Gasteiger partial charge in [0.05, 0.1) is 11.4 Å². The lowest BCUT2D eigenvalue weighted by Crippen LogP contribution is -2.20. The van der Waals surface area contributed by atoms with Gasteiger partial charge in [0.1, 0.15) is 12.1 Å². The Balaban J connectivity index is 1.61. The highest BCUT2D eigenvalue weighted by Gasteiger charge is 2.07. The van der Waals surface area contributed by atoms with Gasteiger partial charge >= 0.3 is 0 Å². The van der Waals surface area contributed by atoms with Crippen molar-refractivity contribution in [1.29, 1.82) is 0 Å². The number of halogens is 1. The molecule has 7 nitrogen and oxygen atoms in total. The summed E-state index contributed by atoms with van der Waals surface area (Å²) in [5.41, 5.74) is 2.56. The van der Waals surface area contributed by atoms with Gasteiger partial charge in [-0.15, -0.1) is 5.10 Å². The normalized spacial score (nSPS) is 10.4. The molecule has 0 radical (unpaired) electrons. The molecule has 0 bridgehead atoms. The molecule has 0 spiro atoms. The summed E-state index contributed by atoms with van der Waals surface area (Å²) in [7, 11) is 0. The molecule has 0 aliphatic rings. The van der Waals surface area contributed by atoms with Crippen LogP contribution in [0.1, 0.15) is 5.56 Å². The molecule has 0 aliphatic heterocycles. The Hall–Kier alpha value is -2.74. The Morgan fingerprint density at radius 3 is 2.92 bits per heavy atom. The predicted octanol–water partition coefficient (Wildman–Crippen LogP) is 2.75. The van der Waals surface area contributed by atoms with Crippen LogP contribution in [0.15, 0.2) is 53.3 Å². The third kappa shape index (κ3) is 3.96. The average molecular weight is 388 g/mol. The highest BCUT2D eigenvalue weighted by atomic mass is 79.9. The largest absolute Gasteiger partial charge is 0.484 e. The molecule has 2 aromatic carbocycles. The molecule has 0 aliphatic carbocycles. The van der Waals surface area contributed by atoms with Crippen LogP contribution in [0.25, 0.3) is 5.69 Å². The second kappa shape index (κ2) is 7.22. The molecule has 24 heavy (non-hydrogen) atoms. The molecule has 0 saturated carbocycles. The number of aromatic nitrogens is 4. The van der Waals surface area contributed by atoms with Crippen LogP contribution in [-0.4, -0.2) is 32.7 Å². The summed E-state index contributed by atoms with van der Waals surface area (Å²) < 4.78 is 7.87. The van der Waals surface area contributed by atoms with Crippen molar-refractivity contribution >= 4 is 27.5 Å².